The molecule has 1 aliphatic heterocycles. The minimum absolute atomic E-state index is 0.172. The minimum atomic E-state index is -0.951. The first-order valence-electron chi connectivity index (χ1n) is 7.05. The molecular formula is C15H20F2N2O. The lowest BCUT2D eigenvalue weighted by molar-refractivity contribution is -0.116. The van der Waals surface area contributed by atoms with Crippen LogP contribution in [-0.4, -0.2) is 29.9 Å². The fourth-order valence-corrected chi connectivity index (χ4v) is 2.53. The van der Waals surface area contributed by atoms with Gasteiger partial charge in [0.2, 0.25) is 5.91 Å². The van der Waals surface area contributed by atoms with Crippen LogP contribution in [0.15, 0.2) is 18.2 Å². The summed E-state index contributed by atoms with van der Waals surface area (Å²) in [4.78, 5) is 14.1. The topological polar surface area (TPSA) is 32.3 Å². The molecule has 1 aliphatic rings. The number of hydrogen-bond donors (Lipinski definition) is 1. The molecule has 0 radical (unpaired) electrons. The molecular weight excluding hydrogens is 262 g/mol. The van der Waals surface area contributed by atoms with Crippen LogP contribution in [0.4, 0.5) is 14.5 Å². The summed E-state index contributed by atoms with van der Waals surface area (Å²) >= 11 is 0. The summed E-state index contributed by atoms with van der Waals surface area (Å²) < 4.78 is 25.8. The van der Waals surface area contributed by atoms with Crippen LogP contribution in [0.25, 0.3) is 0 Å². The van der Waals surface area contributed by atoms with Crippen molar-refractivity contribution in [1.82, 2.24) is 4.90 Å². The van der Waals surface area contributed by atoms with Crippen molar-refractivity contribution in [3.05, 3.63) is 29.8 Å². The Balaban J connectivity index is 1.81. The Morgan fingerprint density at radius 1 is 1.35 bits per heavy atom. The van der Waals surface area contributed by atoms with E-state index in [4.69, 9.17) is 0 Å². The molecule has 1 aromatic carbocycles. The molecule has 5 heteroatoms. The van der Waals surface area contributed by atoms with Gasteiger partial charge >= 0.3 is 0 Å². The van der Waals surface area contributed by atoms with Crippen LogP contribution >= 0.6 is 0 Å². The molecule has 0 saturated carbocycles. The quantitative estimate of drug-likeness (QED) is 0.920. The van der Waals surface area contributed by atoms with Crippen molar-refractivity contribution >= 4 is 11.6 Å². The molecule has 1 amide bonds. The molecule has 1 aromatic rings. The second-order valence-electron chi connectivity index (χ2n) is 5.31. The van der Waals surface area contributed by atoms with E-state index in [-0.39, 0.29) is 5.91 Å². The maximum atomic E-state index is 13.0. The lowest BCUT2D eigenvalue weighted by atomic mass is 10.0. The summed E-state index contributed by atoms with van der Waals surface area (Å²) in [7, 11) is 0. The number of hydrogen-bond acceptors (Lipinski definition) is 2. The number of anilines is 1. The Hall–Kier alpha value is -1.49. The van der Waals surface area contributed by atoms with Crippen molar-refractivity contribution in [2.75, 3.05) is 18.4 Å². The second kappa shape index (κ2) is 6.79. The molecule has 1 fully saturated rings. The molecule has 20 heavy (non-hydrogen) atoms. The average Bonchev–Trinajstić information content (AvgIpc) is 2.42. The first-order chi connectivity index (χ1) is 9.56. The van der Waals surface area contributed by atoms with Crippen LogP contribution in [0.2, 0.25) is 0 Å². The van der Waals surface area contributed by atoms with E-state index in [0.717, 1.165) is 18.7 Å². The number of likely N-dealkylation sites (tertiary alicyclic amines) is 1. The van der Waals surface area contributed by atoms with Crippen LogP contribution in [0.5, 0.6) is 0 Å². The van der Waals surface area contributed by atoms with Gasteiger partial charge < -0.3 is 10.2 Å². The Kier molecular flexibility index (Phi) is 5.06. The molecule has 1 N–H and O–H groups in total. The predicted octanol–water partition coefficient (Wildman–Crippen LogP) is 3.17. The smallest absolute Gasteiger partial charge is 0.225 e. The van der Waals surface area contributed by atoms with Crippen LogP contribution in [0.1, 0.15) is 32.6 Å². The first kappa shape index (κ1) is 14.9. The van der Waals surface area contributed by atoms with Gasteiger partial charge in [-0.25, -0.2) is 8.78 Å². The van der Waals surface area contributed by atoms with E-state index >= 15 is 0 Å². The summed E-state index contributed by atoms with van der Waals surface area (Å²) in [5.41, 5.74) is 0.292. The van der Waals surface area contributed by atoms with Gasteiger partial charge in [-0.3, -0.25) is 4.79 Å². The van der Waals surface area contributed by atoms with Crippen LogP contribution in [0.3, 0.4) is 0 Å². The molecule has 0 aliphatic carbocycles. The van der Waals surface area contributed by atoms with Crippen molar-refractivity contribution in [3.8, 4) is 0 Å². The highest BCUT2D eigenvalue weighted by molar-refractivity contribution is 5.90. The zero-order chi connectivity index (χ0) is 14.5. The number of amides is 1. The maximum Gasteiger partial charge on any atom is 0.225 e. The number of carbonyl (C=O) groups excluding carboxylic acids is 1. The maximum absolute atomic E-state index is 13.0. The van der Waals surface area contributed by atoms with Crippen molar-refractivity contribution in [2.45, 2.75) is 38.6 Å². The Morgan fingerprint density at radius 2 is 2.15 bits per heavy atom. The number of rotatable bonds is 4. The minimum Gasteiger partial charge on any atom is -0.326 e. The third-order valence-corrected chi connectivity index (χ3v) is 3.77. The van der Waals surface area contributed by atoms with Crippen molar-refractivity contribution in [1.29, 1.82) is 0 Å². The Morgan fingerprint density at radius 3 is 2.85 bits per heavy atom. The van der Waals surface area contributed by atoms with Gasteiger partial charge in [-0.15, -0.1) is 0 Å². The summed E-state index contributed by atoms with van der Waals surface area (Å²) in [5.74, 6) is -2.04. The summed E-state index contributed by atoms with van der Waals surface area (Å²) in [6, 6.07) is 3.88. The number of carbonyl (C=O) groups is 1. The van der Waals surface area contributed by atoms with Crippen LogP contribution in [-0.2, 0) is 4.79 Å². The van der Waals surface area contributed by atoms with Gasteiger partial charge in [-0.2, -0.15) is 0 Å². The van der Waals surface area contributed by atoms with Crippen LogP contribution < -0.4 is 5.32 Å². The van der Waals surface area contributed by atoms with E-state index in [0.29, 0.717) is 24.7 Å². The third-order valence-electron chi connectivity index (χ3n) is 3.77. The van der Waals surface area contributed by atoms with Crippen molar-refractivity contribution < 1.29 is 13.6 Å². The fourth-order valence-electron chi connectivity index (χ4n) is 2.53. The molecule has 2 rings (SSSR count). The van der Waals surface area contributed by atoms with Gasteiger partial charge in [0, 0.05) is 30.8 Å². The average molecular weight is 282 g/mol. The first-order valence-corrected chi connectivity index (χ1v) is 7.05. The van der Waals surface area contributed by atoms with Gasteiger partial charge in [0.05, 0.1) is 0 Å². The van der Waals surface area contributed by atoms with Crippen molar-refractivity contribution in [2.24, 2.45) is 0 Å². The third kappa shape index (κ3) is 4.00. The highest BCUT2D eigenvalue weighted by Gasteiger charge is 2.18. The SMILES string of the molecule is CC1CCCCN1CCC(=O)Nc1ccc(F)c(F)c1. The van der Waals surface area contributed by atoms with Gasteiger partial charge in [0.1, 0.15) is 0 Å². The number of piperidine rings is 1. The molecule has 1 saturated heterocycles. The van der Waals surface area contributed by atoms with Gasteiger partial charge in [-0.1, -0.05) is 6.42 Å². The predicted molar refractivity (Wildman–Crippen MR) is 74.5 cm³/mol. The van der Waals surface area contributed by atoms with Crippen LogP contribution in [0, 0.1) is 11.6 Å². The normalized spacial score (nSPS) is 19.9. The fraction of sp³-hybridized carbons (Fsp3) is 0.533. The zero-order valence-corrected chi connectivity index (χ0v) is 11.7. The summed E-state index contributed by atoms with van der Waals surface area (Å²) in [6.07, 6.45) is 3.96. The molecule has 3 nitrogen and oxygen atoms in total. The van der Waals surface area contributed by atoms with Crippen molar-refractivity contribution in [3.63, 3.8) is 0 Å². The highest BCUT2D eigenvalue weighted by Crippen LogP contribution is 2.17. The highest BCUT2D eigenvalue weighted by atomic mass is 19.2. The van der Waals surface area contributed by atoms with E-state index in [1.54, 1.807) is 0 Å². The lowest BCUT2D eigenvalue weighted by Gasteiger charge is -2.33. The number of nitrogens with one attached hydrogen (secondary N) is 1. The van der Waals surface area contributed by atoms with Gasteiger partial charge in [0.15, 0.2) is 11.6 Å². The van der Waals surface area contributed by atoms with Gasteiger partial charge in [0.25, 0.3) is 0 Å². The largest absolute Gasteiger partial charge is 0.326 e. The molecule has 0 bridgehead atoms. The molecule has 1 atom stereocenters. The standard InChI is InChI=1S/C15H20F2N2O/c1-11-4-2-3-8-19(11)9-7-15(20)18-12-5-6-13(16)14(17)10-12/h5-6,10-11H,2-4,7-9H2,1H3,(H,18,20). The van der Waals surface area contributed by atoms with E-state index < -0.39 is 11.6 Å². The molecule has 0 aromatic heterocycles. The number of benzene rings is 1. The lowest BCUT2D eigenvalue weighted by Crippen LogP contribution is -2.39. The Bertz CT molecular complexity index is 479. The molecule has 0 spiro atoms. The summed E-state index contributed by atoms with van der Waals surface area (Å²) in [5, 5.41) is 2.59. The second-order valence-corrected chi connectivity index (χ2v) is 5.31. The van der Waals surface area contributed by atoms with E-state index in [2.05, 4.69) is 17.1 Å². The van der Waals surface area contributed by atoms with E-state index in [1.807, 2.05) is 0 Å². The molecule has 1 heterocycles. The number of halogens is 2. The summed E-state index contributed by atoms with van der Waals surface area (Å²) in [6.45, 7) is 3.91. The van der Waals surface area contributed by atoms with E-state index in [1.165, 1.54) is 25.3 Å². The van der Waals surface area contributed by atoms with E-state index in [9.17, 15) is 13.6 Å². The monoisotopic (exact) mass is 282 g/mol. The molecule has 1 unspecified atom stereocenters. The number of nitrogens with zero attached hydrogens (tertiary/aromatic N) is 1. The molecule has 110 valence electrons. The van der Waals surface area contributed by atoms with Gasteiger partial charge in [-0.05, 0) is 38.4 Å². The zero-order valence-electron chi connectivity index (χ0n) is 11.7. The Labute approximate surface area is 118 Å².